The van der Waals surface area contributed by atoms with E-state index in [0.717, 1.165) is 0 Å². The number of halogens is 2. The van der Waals surface area contributed by atoms with Gasteiger partial charge in [-0.1, -0.05) is 23.2 Å². The van der Waals surface area contributed by atoms with Crippen molar-refractivity contribution in [3.8, 4) is 0 Å². The normalized spacial score (nSPS) is 11.5. The highest BCUT2D eigenvalue weighted by Gasteiger charge is 2.13. The molecule has 1 aromatic heterocycles. The molecule has 0 saturated carbocycles. The Hall–Kier alpha value is -1.21. The van der Waals surface area contributed by atoms with Gasteiger partial charge in [0.25, 0.3) is 10.0 Å². The first kappa shape index (κ1) is 14.2. The van der Waals surface area contributed by atoms with Gasteiger partial charge in [-0.05, 0) is 30.3 Å². The standard InChI is InChI=1S/C11H10Cl2N2O3S/c12-7-1-3-10(9(13)5-7)15-6-8-2-4-11(18-8)19(14,16)17/h1-5,15H,6H2,(H2,14,16,17). The van der Waals surface area contributed by atoms with Gasteiger partial charge >= 0.3 is 0 Å². The molecule has 0 atom stereocenters. The van der Waals surface area contributed by atoms with Crippen LogP contribution in [0, 0.1) is 0 Å². The van der Waals surface area contributed by atoms with Crippen molar-refractivity contribution in [1.82, 2.24) is 0 Å². The number of benzene rings is 1. The van der Waals surface area contributed by atoms with Gasteiger partial charge in [0.2, 0.25) is 5.09 Å². The first-order valence-corrected chi connectivity index (χ1v) is 7.47. The van der Waals surface area contributed by atoms with Gasteiger partial charge in [0.15, 0.2) is 0 Å². The highest BCUT2D eigenvalue weighted by atomic mass is 35.5. The van der Waals surface area contributed by atoms with Crippen molar-refractivity contribution in [3.63, 3.8) is 0 Å². The van der Waals surface area contributed by atoms with Gasteiger partial charge < -0.3 is 9.73 Å². The number of rotatable bonds is 4. The molecule has 0 spiro atoms. The molecule has 5 nitrogen and oxygen atoms in total. The Morgan fingerprint density at radius 2 is 1.95 bits per heavy atom. The third-order valence-electron chi connectivity index (χ3n) is 2.30. The molecule has 0 saturated heterocycles. The first-order valence-electron chi connectivity index (χ1n) is 5.17. The second kappa shape index (κ2) is 5.42. The maximum atomic E-state index is 11.0. The molecular weight excluding hydrogens is 311 g/mol. The molecule has 3 N–H and O–H groups in total. The predicted molar refractivity (Wildman–Crippen MR) is 73.9 cm³/mol. The smallest absolute Gasteiger partial charge is 0.271 e. The number of furan rings is 1. The zero-order chi connectivity index (χ0) is 14.0. The van der Waals surface area contributed by atoms with E-state index < -0.39 is 10.0 Å². The van der Waals surface area contributed by atoms with E-state index in [-0.39, 0.29) is 11.6 Å². The molecule has 0 radical (unpaired) electrons. The summed E-state index contributed by atoms with van der Waals surface area (Å²) in [5.41, 5.74) is 0.666. The van der Waals surface area contributed by atoms with E-state index in [1.807, 2.05) is 0 Å². The van der Waals surface area contributed by atoms with E-state index in [1.54, 1.807) is 18.2 Å². The van der Waals surface area contributed by atoms with Gasteiger partial charge in [-0.25, -0.2) is 13.6 Å². The number of primary sulfonamides is 1. The largest absolute Gasteiger partial charge is 0.446 e. The Morgan fingerprint density at radius 3 is 2.53 bits per heavy atom. The summed E-state index contributed by atoms with van der Waals surface area (Å²) in [6.07, 6.45) is 0. The lowest BCUT2D eigenvalue weighted by Crippen LogP contribution is -2.10. The van der Waals surface area contributed by atoms with Crippen LogP contribution in [0.15, 0.2) is 39.8 Å². The number of nitrogens with two attached hydrogens (primary N) is 1. The predicted octanol–water partition coefficient (Wildman–Crippen LogP) is 2.85. The summed E-state index contributed by atoms with van der Waals surface area (Å²) >= 11 is 11.8. The minimum Gasteiger partial charge on any atom is -0.446 e. The summed E-state index contributed by atoms with van der Waals surface area (Å²) in [5.74, 6) is 0.426. The molecule has 2 aromatic rings. The zero-order valence-corrected chi connectivity index (χ0v) is 11.9. The van der Waals surface area contributed by atoms with Crippen LogP contribution in [0.4, 0.5) is 5.69 Å². The van der Waals surface area contributed by atoms with Gasteiger partial charge in [-0.3, -0.25) is 0 Å². The van der Waals surface area contributed by atoms with Crippen molar-refractivity contribution >= 4 is 38.9 Å². The molecule has 0 aliphatic carbocycles. The second-order valence-electron chi connectivity index (χ2n) is 3.74. The van der Waals surface area contributed by atoms with Gasteiger partial charge in [0, 0.05) is 5.02 Å². The molecule has 1 heterocycles. The van der Waals surface area contributed by atoms with Crippen LogP contribution in [0.25, 0.3) is 0 Å². The van der Waals surface area contributed by atoms with E-state index in [1.165, 1.54) is 12.1 Å². The van der Waals surface area contributed by atoms with Crippen LogP contribution in [0.1, 0.15) is 5.76 Å². The molecule has 102 valence electrons. The fourth-order valence-corrected chi connectivity index (χ4v) is 2.38. The Labute approximate surface area is 120 Å². The van der Waals surface area contributed by atoms with Crippen LogP contribution in [0.3, 0.4) is 0 Å². The Kier molecular flexibility index (Phi) is 4.05. The van der Waals surface area contributed by atoms with E-state index >= 15 is 0 Å². The van der Waals surface area contributed by atoms with Gasteiger partial charge in [-0.2, -0.15) is 0 Å². The molecule has 0 unspecified atom stereocenters. The minimum absolute atomic E-state index is 0.272. The van der Waals surface area contributed by atoms with Crippen LogP contribution in [0.2, 0.25) is 10.0 Å². The molecular formula is C11H10Cl2N2O3S. The van der Waals surface area contributed by atoms with Gasteiger partial charge in [-0.15, -0.1) is 0 Å². The third-order valence-corrected chi connectivity index (χ3v) is 3.63. The number of hydrogen-bond acceptors (Lipinski definition) is 4. The summed E-state index contributed by atoms with van der Waals surface area (Å²) in [7, 11) is -3.82. The highest BCUT2D eigenvalue weighted by Crippen LogP contribution is 2.26. The van der Waals surface area contributed by atoms with Crippen molar-refractivity contribution in [2.75, 3.05) is 5.32 Å². The average Bonchev–Trinajstić information content (AvgIpc) is 2.76. The van der Waals surface area contributed by atoms with Crippen molar-refractivity contribution in [3.05, 3.63) is 46.1 Å². The molecule has 2 rings (SSSR count). The van der Waals surface area contributed by atoms with Crippen LogP contribution in [0.5, 0.6) is 0 Å². The fraction of sp³-hybridized carbons (Fsp3) is 0.0909. The molecule has 0 bridgehead atoms. The summed E-state index contributed by atoms with van der Waals surface area (Å²) in [6, 6.07) is 7.83. The Bertz CT molecular complexity index is 698. The average molecular weight is 321 g/mol. The molecule has 8 heteroatoms. The molecule has 0 aliphatic rings. The quantitative estimate of drug-likeness (QED) is 0.907. The second-order valence-corrected chi connectivity index (χ2v) is 6.08. The van der Waals surface area contributed by atoms with Gasteiger partial charge in [0.05, 0.1) is 17.3 Å². The lowest BCUT2D eigenvalue weighted by atomic mass is 10.3. The Morgan fingerprint density at radius 1 is 1.21 bits per heavy atom. The number of sulfonamides is 1. The molecule has 0 fully saturated rings. The SMILES string of the molecule is NS(=O)(=O)c1ccc(CNc2ccc(Cl)cc2Cl)o1. The lowest BCUT2D eigenvalue weighted by molar-refractivity contribution is 0.419. The van der Waals surface area contributed by atoms with Crippen molar-refractivity contribution < 1.29 is 12.8 Å². The highest BCUT2D eigenvalue weighted by molar-refractivity contribution is 7.89. The molecule has 0 amide bonds. The van der Waals surface area contributed by atoms with Crippen LogP contribution < -0.4 is 10.5 Å². The van der Waals surface area contributed by atoms with E-state index in [2.05, 4.69) is 5.32 Å². The van der Waals surface area contributed by atoms with Crippen molar-refractivity contribution in [1.29, 1.82) is 0 Å². The van der Waals surface area contributed by atoms with Crippen LogP contribution in [-0.4, -0.2) is 8.42 Å². The fourth-order valence-electron chi connectivity index (χ4n) is 1.42. The van der Waals surface area contributed by atoms with Crippen molar-refractivity contribution in [2.45, 2.75) is 11.6 Å². The minimum atomic E-state index is -3.82. The monoisotopic (exact) mass is 320 g/mol. The topological polar surface area (TPSA) is 85.3 Å². The maximum absolute atomic E-state index is 11.0. The van der Waals surface area contributed by atoms with Crippen LogP contribution in [-0.2, 0) is 16.6 Å². The van der Waals surface area contributed by atoms with E-state index in [4.69, 9.17) is 32.8 Å². The lowest BCUT2D eigenvalue weighted by Gasteiger charge is -2.06. The van der Waals surface area contributed by atoms with Crippen LogP contribution >= 0.6 is 23.2 Å². The summed E-state index contributed by atoms with van der Waals surface area (Å²) < 4.78 is 27.2. The Balaban J connectivity index is 2.09. The number of hydrogen-bond donors (Lipinski definition) is 2. The number of anilines is 1. The van der Waals surface area contributed by atoms with Crippen molar-refractivity contribution in [2.24, 2.45) is 5.14 Å². The summed E-state index contributed by atoms with van der Waals surface area (Å²) in [6.45, 7) is 0.275. The summed E-state index contributed by atoms with van der Waals surface area (Å²) in [4.78, 5) is 0. The van der Waals surface area contributed by atoms with E-state index in [0.29, 0.717) is 21.5 Å². The number of nitrogens with one attached hydrogen (secondary N) is 1. The zero-order valence-electron chi connectivity index (χ0n) is 9.56. The first-order chi connectivity index (χ1) is 8.86. The molecule has 1 aromatic carbocycles. The van der Waals surface area contributed by atoms with Gasteiger partial charge in [0.1, 0.15) is 5.76 Å². The molecule has 19 heavy (non-hydrogen) atoms. The summed E-state index contributed by atoms with van der Waals surface area (Å²) in [5, 5.41) is 8.67. The third kappa shape index (κ3) is 3.63. The molecule has 0 aliphatic heterocycles. The van der Waals surface area contributed by atoms with E-state index in [9.17, 15) is 8.42 Å². The maximum Gasteiger partial charge on any atom is 0.271 e.